The molecular weight excluding hydrogens is 445 g/mol. The predicted octanol–water partition coefficient (Wildman–Crippen LogP) is 4.84. The fraction of sp³-hybridized carbons (Fsp3) is 0.364. The number of nitrogens with zero attached hydrogens (tertiary/aromatic N) is 1. The van der Waals surface area contributed by atoms with E-state index in [-0.39, 0.29) is 28.6 Å². The van der Waals surface area contributed by atoms with E-state index in [0.29, 0.717) is 17.7 Å². The lowest BCUT2D eigenvalue weighted by Gasteiger charge is -2.19. The Morgan fingerprint density at radius 1 is 1.28 bits per heavy atom. The highest BCUT2D eigenvalue weighted by Gasteiger charge is 2.32. The number of aromatic nitrogens is 1. The number of fused-ring (bicyclic) bond motifs is 2. The fourth-order valence-corrected chi connectivity index (χ4v) is 5.69. The Labute approximate surface area is 184 Å². The van der Waals surface area contributed by atoms with Crippen LogP contribution < -0.4 is 15.9 Å². The first-order valence-electron chi connectivity index (χ1n) is 10.2. The van der Waals surface area contributed by atoms with E-state index in [2.05, 4.69) is 0 Å². The van der Waals surface area contributed by atoms with Gasteiger partial charge in [-0.25, -0.2) is 9.18 Å². The maximum absolute atomic E-state index is 15.4. The number of nitrogens with two attached hydrogens (primary N) is 1. The zero-order valence-electron chi connectivity index (χ0n) is 16.7. The minimum absolute atomic E-state index is 0.0186. The van der Waals surface area contributed by atoms with Gasteiger partial charge < -0.3 is 20.1 Å². The smallest absolute Gasteiger partial charge is 0.387 e. The average molecular weight is 464 g/mol. The highest BCUT2D eigenvalue weighted by Crippen LogP contribution is 2.47. The first-order valence-corrected chi connectivity index (χ1v) is 11.1. The van der Waals surface area contributed by atoms with Crippen LogP contribution in [-0.4, -0.2) is 22.3 Å². The Morgan fingerprint density at radius 2 is 2.03 bits per heavy atom. The van der Waals surface area contributed by atoms with Crippen molar-refractivity contribution in [1.29, 1.82) is 0 Å². The van der Waals surface area contributed by atoms with E-state index < -0.39 is 35.1 Å². The van der Waals surface area contributed by atoms with Crippen molar-refractivity contribution in [1.82, 2.24) is 4.57 Å². The number of thiophene rings is 1. The van der Waals surface area contributed by atoms with Gasteiger partial charge in [0.2, 0.25) is 5.43 Å². The molecule has 1 saturated carbocycles. The van der Waals surface area contributed by atoms with Gasteiger partial charge in [0.05, 0.1) is 16.5 Å². The van der Waals surface area contributed by atoms with Gasteiger partial charge in [-0.3, -0.25) is 4.79 Å². The molecule has 3 N–H and O–H groups in total. The van der Waals surface area contributed by atoms with Crippen LogP contribution in [0.15, 0.2) is 23.1 Å². The number of halogens is 3. The van der Waals surface area contributed by atoms with Crippen LogP contribution in [0.4, 0.5) is 13.2 Å². The summed E-state index contributed by atoms with van der Waals surface area (Å²) >= 11 is 1.23. The van der Waals surface area contributed by atoms with Crippen molar-refractivity contribution in [3.63, 3.8) is 0 Å². The topological polar surface area (TPSA) is 94.5 Å². The Morgan fingerprint density at radius 3 is 2.66 bits per heavy atom. The first-order chi connectivity index (χ1) is 15.3. The summed E-state index contributed by atoms with van der Waals surface area (Å²) in [6.07, 6.45) is 4.92. The molecule has 0 radical (unpaired) electrons. The molecule has 0 aliphatic heterocycles. The zero-order valence-corrected chi connectivity index (χ0v) is 17.6. The lowest BCUT2D eigenvalue weighted by molar-refractivity contribution is -0.0487. The highest BCUT2D eigenvalue weighted by molar-refractivity contribution is 7.15. The van der Waals surface area contributed by atoms with Crippen LogP contribution in [0, 0.1) is 5.82 Å². The van der Waals surface area contributed by atoms with Gasteiger partial charge >= 0.3 is 12.6 Å². The molecule has 3 aromatic rings. The standard InChI is InChI=1S/C22H19F3N2O4S/c23-13-7-11-17(27(10-4-5-10)8-12(18(11)28)21(29)30)19(31-22(24)25)16(13)15-6-9-2-1-3-14(26)20(9)32-15/h6-8,10,14,22H,1-5,26H2,(H,29,30). The van der Waals surface area contributed by atoms with Crippen molar-refractivity contribution in [2.45, 2.75) is 50.8 Å². The monoisotopic (exact) mass is 464 g/mol. The Kier molecular flexibility index (Phi) is 5.01. The molecule has 10 heteroatoms. The van der Waals surface area contributed by atoms with Crippen molar-refractivity contribution in [3.05, 3.63) is 50.4 Å². The SMILES string of the molecule is NC1CCCc2cc(-c3c(F)cc4c(=O)c(C(=O)O)cn(C5CC5)c4c3OC(F)F)sc21. The molecule has 32 heavy (non-hydrogen) atoms. The molecule has 2 aromatic heterocycles. The largest absolute Gasteiger partial charge is 0.477 e. The number of aryl methyl sites for hydroxylation is 1. The minimum atomic E-state index is -3.27. The molecule has 0 bridgehead atoms. The number of aromatic carboxylic acids is 1. The van der Waals surface area contributed by atoms with Crippen LogP contribution in [0.25, 0.3) is 21.3 Å². The summed E-state index contributed by atoms with van der Waals surface area (Å²) in [5.41, 5.74) is 5.47. The van der Waals surface area contributed by atoms with Gasteiger partial charge in [-0.05, 0) is 49.8 Å². The maximum Gasteiger partial charge on any atom is 0.387 e. The van der Waals surface area contributed by atoms with Crippen molar-refractivity contribution in [2.75, 3.05) is 0 Å². The molecule has 5 rings (SSSR count). The molecular formula is C22H19F3N2O4S. The fourth-order valence-electron chi connectivity index (χ4n) is 4.40. The van der Waals surface area contributed by atoms with Crippen molar-refractivity contribution in [3.8, 4) is 16.2 Å². The summed E-state index contributed by atoms with van der Waals surface area (Å²) in [5.74, 6) is -2.85. The summed E-state index contributed by atoms with van der Waals surface area (Å²) in [5, 5.41) is 9.12. The minimum Gasteiger partial charge on any atom is -0.477 e. The molecule has 2 aliphatic carbocycles. The van der Waals surface area contributed by atoms with E-state index in [4.69, 9.17) is 10.5 Å². The summed E-state index contributed by atoms with van der Waals surface area (Å²) < 4.78 is 48.6. The number of benzene rings is 1. The van der Waals surface area contributed by atoms with Crippen LogP contribution in [-0.2, 0) is 6.42 Å². The molecule has 168 valence electrons. The predicted molar refractivity (Wildman–Crippen MR) is 113 cm³/mol. The van der Waals surface area contributed by atoms with Crippen molar-refractivity contribution >= 4 is 28.2 Å². The summed E-state index contributed by atoms with van der Waals surface area (Å²) in [6.45, 7) is -3.27. The van der Waals surface area contributed by atoms with E-state index in [1.807, 2.05) is 0 Å². The number of ether oxygens (including phenoxy) is 1. The number of rotatable bonds is 5. The number of hydrogen-bond acceptors (Lipinski definition) is 5. The third kappa shape index (κ3) is 3.38. The lowest BCUT2D eigenvalue weighted by Crippen LogP contribution is -2.20. The van der Waals surface area contributed by atoms with Crippen LogP contribution in [0.2, 0.25) is 0 Å². The van der Waals surface area contributed by atoms with Gasteiger partial charge in [-0.2, -0.15) is 8.78 Å². The van der Waals surface area contributed by atoms with E-state index in [0.717, 1.165) is 42.0 Å². The lowest BCUT2D eigenvalue weighted by atomic mass is 9.95. The molecule has 1 fully saturated rings. The molecule has 0 saturated heterocycles. The van der Waals surface area contributed by atoms with Crippen LogP contribution in [0.5, 0.6) is 5.75 Å². The number of carbonyl (C=O) groups is 1. The highest BCUT2D eigenvalue weighted by atomic mass is 32.1. The molecule has 2 aliphatic rings. The maximum atomic E-state index is 15.4. The zero-order chi connectivity index (χ0) is 22.7. The van der Waals surface area contributed by atoms with Gasteiger partial charge in [0.25, 0.3) is 0 Å². The summed E-state index contributed by atoms with van der Waals surface area (Å²) in [6, 6.07) is 2.28. The van der Waals surface area contributed by atoms with Crippen molar-refractivity contribution < 1.29 is 27.8 Å². The van der Waals surface area contributed by atoms with Crippen LogP contribution in [0.1, 0.15) is 58.6 Å². The second-order valence-corrected chi connectivity index (χ2v) is 9.24. The average Bonchev–Trinajstić information content (AvgIpc) is 3.47. The van der Waals surface area contributed by atoms with Gasteiger partial charge in [0.15, 0.2) is 5.75 Å². The molecule has 6 nitrogen and oxygen atoms in total. The first kappa shape index (κ1) is 21.0. The van der Waals surface area contributed by atoms with Gasteiger partial charge in [-0.15, -0.1) is 11.3 Å². The van der Waals surface area contributed by atoms with E-state index >= 15 is 4.39 Å². The number of hydrogen-bond donors (Lipinski definition) is 2. The Bertz CT molecular complexity index is 1310. The number of alkyl halides is 2. The molecule has 2 heterocycles. The van der Waals surface area contributed by atoms with Crippen molar-refractivity contribution in [2.24, 2.45) is 5.73 Å². The summed E-state index contributed by atoms with van der Waals surface area (Å²) in [7, 11) is 0. The molecule has 1 atom stereocenters. The van der Waals surface area contributed by atoms with Crippen LogP contribution >= 0.6 is 11.3 Å². The van der Waals surface area contributed by atoms with Gasteiger partial charge in [-0.1, -0.05) is 0 Å². The van der Waals surface area contributed by atoms with E-state index in [1.54, 1.807) is 6.07 Å². The third-order valence-corrected chi connectivity index (χ3v) is 7.31. The van der Waals surface area contributed by atoms with Gasteiger partial charge in [0.1, 0.15) is 11.4 Å². The van der Waals surface area contributed by atoms with E-state index in [1.165, 1.54) is 15.9 Å². The number of carboxylic acids is 1. The third-order valence-electron chi connectivity index (χ3n) is 5.99. The second-order valence-electron chi connectivity index (χ2n) is 8.15. The quantitative estimate of drug-likeness (QED) is 0.564. The molecule has 1 aromatic carbocycles. The molecule has 0 amide bonds. The number of pyridine rings is 1. The van der Waals surface area contributed by atoms with E-state index in [9.17, 15) is 23.5 Å². The molecule has 1 unspecified atom stereocenters. The van der Waals surface area contributed by atoms with Gasteiger partial charge in [0, 0.05) is 28.0 Å². The summed E-state index contributed by atoms with van der Waals surface area (Å²) in [4.78, 5) is 25.6. The normalized spacial score (nSPS) is 18.2. The van der Waals surface area contributed by atoms with Crippen LogP contribution in [0.3, 0.4) is 0 Å². The molecule has 0 spiro atoms. The Hall–Kier alpha value is -2.85. The Balaban J connectivity index is 1.86. The number of carboxylic acid groups (broad SMARTS) is 1. The second kappa shape index (κ2) is 7.63.